The van der Waals surface area contributed by atoms with Crippen LogP contribution in [0.5, 0.6) is 5.75 Å². The number of rotatable bonds is 8. The third kappa shape index (κ3) is 4.27. The van der Waals surface area contributed by atoms with Gasteiger partial charge >= 0.3 is 5.97 Å². The molecule has 2 aliphatic carbocycles. The van der Waals surface area contributed by atoms with Gasteiger partial charge in [0.15, 0.2) is 0 Å². The predicted molar refractivity (Wildman–Crippen MR) is 97.2 cm³/mol. The fourth-order valence-electron chi connectivity index (χ4n) is 4.28. The number of benzene rings is 1. The molecule has 0 saturated heterocycles. The van der Waals surface area contributed by atoms with Gasteiger partial charge in [0, 0.05) is 12.5 Å². The average Bonchev–Trinajstić information content (AvgIpc) is 3.17. The zero-order valence-electron chi connectivity index (χ0n) is 14.5. The number of sulfonamides is 1. The van der Waals surface area contributed by atoms with Crippen molar-refractivity contribution in [2.24, 2.45) is 17.8 Å². The van der Waals surface area contributed by atoms with Crippen LogP contribution in [0.15, 0.2) is 41.3 Å². The standard InChI is InChI=1S/C19H25NO5S/c21-15-8-10-16(11-9-15)26(24,25)20-19-14-7-6-13(12-14)17(19)4-2-1-3-5-18(22)23/h2,4,8-11,13-14,17,19-21H,1,3,5-7,12H2,(H,22,23)/b4-2-/t13-,14+,17+,19+/m1/s1. The molecule has 0 amide bonds. The zero-order valence-corrected chi connectivity index (χ0v) is 15.4. The fraction of sp³-hybridized carbons (Fsp3) is 0.526. The monoisotopic (exact) mass is 379 g/mol. The van der Waals surface area contributed by atoms with Crippen molar-refractivity contribution < 1.29 is 23.4 Å². The number of carbonyl (C=O) groups is 1. The number of nitrogens with one attached hydrogen (secondary N) is 1. The normalized spacial score (nSPS) is 28.0. The molecular formula is C19H25NO5S. The van der Waals surface area contributed by atoms with E-state index in [-0.39, 0.29) is 29.0 Å². The Hall–Kier alpha value is -1.86. The number of allylic oxidation sites excluding steroid dienone is 1. The van der Waals surface area contributed by atoms with Crippen LogP contribution in [-0.2, 0) is 14.8 Å². The lowest BCUT2D eigenvalue weighted by Crippen LogP contribution is -2.43. The number of aromatic hydroxyl groups is 1. The molecule has 2 aliphatic rings. The van der Waals surface area contributed by atoms with Crippen LogP contribution in [0.2, 0.25) is 0 Å². The highest BCUT2D eigenvalue weighted by Crippen LogP contribution is 2.49. The van der Waals surface area contributed by atoms with Crippen molar-refractivity contribution in [1.29, 1.82) is 0 Å². The van der Waals surface area contributed by atoms with Crippen molar-refractivity contribution in [1.82, 2.24) is 4.72 Å². The Balaban J connectivity index is 1.67. The number of carboxylic acid groups (broad SMARTS) is 1. The predicted octanol–water partition coefficient (Wildman–Crippen LogP) is 2.90. The lowest BCUT2D eigenvalue weighted by Gasteiger charge is -2.29. The van der Waals surface area contributed by atoms with Gasteiger partial charge in [-0.2, -0.15) is 0 Å². The summed E-state index contributed by atoms with van der Waals surface area (Å²) in [5.74, 6) is 0.234. The number of phenols is 1. The Morgan fingerprint density at radius 2 is 1.88 bits per heavy atom. The van der Waals surface area contributed by atoms with Gasteiger partial charge in [-0.25, -0.2) is 13.1 Å². The highest BCUT2D eigenvalue weighted by Gasteiger charge is 2.47. The Morgan fingerprint density at radius 3 is 2.58 bits per heavy atom. The number of hydrogen-bond acceptors (Lipinski definition) is 4. The molecule has 0 unspecified atom stereocenters. The van der Waals surface area contributed by atoms with E-state index in [0.29, 0.717) is 24.7 Å². The van der Waals surface area contributed by atoms with Crippen LogP contribution < -0.4 is 4.72 Å². The summed E-state index contributed by atoms with van der Waals surface area (Å²) in [6.45, 7) is 0. The second-order valence-electron chi connectivity index (χ2n) is 7.27. The molecule has 0 heterocycles. The summed E-state index contributed by atoms with van der Waals surface area (Å²) < 4.78 is 28.3. The van der Waals surface area contributed by atoms with Gasteiger partial charge in [0.25, 0.3) is 0 Å². The molecule has 1 aromatic rings. The summed E-state index contributed by atoms with van der Waals surface area (Å²) in [5, 5.41) is 18.0. The van der Waals surface area contributed by atoms with Crippen LogP contribution in [-0.4, -0.2) is 30.6 Å². The molecule has 0 radical (unpaired) electrons. The Kier molecular flexibility index (Phi) is 5.67. The van der Waals surface area contributed by atoms with Crippen LogP contribution in [0.25, 0.3) is 0 Å². The Bertz CT molecular complexity index is 772. The van der Waals surface area contributed by atoms with Gasteiger partial charge in [0.2, 0.25) is 10.0 Å². The quantitative estimate of drug-likeness (QED) is 0.476. The lowest BCUT2D eigenvalue weighted by atomic mass is 9.84. The Labute approximate surface area is 154 Å². The molecule has 0 spiro atoms. The third-order valence-electron chi connectivity index (χ3n) is 5.54. The number of carboxylic acids is 1. The summed E-state index contributed by atoms with van der Waals surface area (Å²) in [6, 6.07) is 5.43. The molecule has 3 N–H and O–H groups in total. The van der Waals surface area contributed by atoms with Gasteiger partial charge in [-0.05, 0) is 74.1 Å². The van der Waals surface area contributed by atoms with Crippen molar-refractivity contribution in [3.63, 3.8) is 0 Å². The van der Waals surface area contributed by atoms with E-state index in [1.54, 1.807) is 0 Å². The maximum absolute atomic E-state index is 12.7. The van der Waals surface area contributed by atoms with Crippen LogP contribution in [0.4, 0.5) is 0 Å². The molecule has 7 heteroatoms. The molecule has 2 fully saturated rings. The van der Waals surface area contributed by atoms with Gasteiger partial charge in [-0.1, -0.05) is 12.2 Å². The SMILES string of the molecule is O=C(O)CCC/C=C\[C@H]1[C@@H]2CC[C@@H](C2)[C@@H]1NS(=O)(=O)c1ccc(O)cc1. The molecular weight excluding hydrogens is 354 g/mol. The minimum atomic E-state index is -3.64. The molecule has 2 saturated carbocycles. The van der Waals surface area contributed by atoms with E-state index < -0.39 is 16.0 Å². The van der Waals surface area contributed by atoms with Crippen molar-refractivity contribution in [3.05, 3.63) is 36.4 Å². The van der Waals surface area contributed by atoms with Crippen LogP contribution in [0, 0.1) is 17.8 Å². The average molecular weight is 379 g/mol. The Morgan fingerprint density at radius 1 is 1.19 bits per heavy atom. The first-order valence-corrected chi connectivity index (χ1v) is 10.5. The second-order valence-corrected chi connectivity index (χ2v) is 8.98. The number of aliphatic carboxylic acids is 1. The fourth-order valence-corrected chi connectivity index (χ4v) is 5.62. The topological polar surface area (TPSA) is 104 Å². The zero-order chi connectivity index (χ0) is 18.7. The van der Waals surface area contributed by atoms with Crippen molar-refractivity contribution >= 4 is 16.0 Å². The number of hydrogen-bond donors (Lipinski definition) is 3. The summed E-state index contributed by atoms with van der Waals surface area (Å²) in [4.78, 5) is 10.7. The smallest absolute Gasteiger partial charge is 0.303 e. The van der Waals surface area contributed by atoms with Gasteiger partial charge < -0.3 is 10.2 Å². The molecule has 6 nitrogen and oxygen atoms in total. The van der Waals surface area contributed by atoms with E-state index in [0.717, 1.165) is 19.3 Å². The van der Waals surface area contributed by atoms with Crippen molar-refractivity contribution in [3.8, 4) is 5.75 Å². The molecule has 142 valence electrons. The molecule has 2 bridgehead atoms. The first-order valence-electron chi connectivity index (χ1n) is 9.06. The molecule has 0 aliphatic heterocycles. The van der Waals surface area contributed by atoms with Gasteiger partial charge in [-0.3, -0.25) is 4.79 Å². The summed E-state index contributed by atoms with van der Waals surface area (Å²) in [7, 11) is -3.64. The maximum Gasteiger partial charge on any atom is 0.303 e. The second kappa shape index (κ2) is 7.80. The van der Waals surface area contributed by atoms with E-state index >= 15 is 0 Å². The number of phenolic OH excluding ortho intramolecular Hbond substituents is 1. The van der Waals surface area contributed by atoms with Crippen molar-refractivity contribution in [2.45, 2.75) is 49.5 Å². The third-order valence-corrected chi connectivity index (χ3v) is 7.01. The van der Waals surface area contributed by atoms with E-state index in [1.165, 1.54) is 24.3 Å². The molecule has 0 aromatic heterocycles. The highest BCUT2D eigenvalue weighted by atomic mass is 32.2. The number of unbranched alkanes of at least 4 members (excludes halogenated alkanes) is 1. The van der Waals surface area contributed by atoms with E-state index in [9.17, 15) is 18.3 Å². The van der Waals surface area contributed by atoms with Crippen molar-refractivity contribution in [2.75, 3.05) is 0 Å². The van der Waals surface area contributed by atoms with Gasteiger partial charge in [0.1, 0.15) is 5.75 Å². The minimum absolute atomic E-state index is 0.0334. The summed E-state index contributed by atoms with van der Waals surface area (Å²) in [6.07, 6.45) is 8.70. The largest absolute Gasteiger partial charge is 0.508 e. The van der Waals surface area contributed by atoms with Crippen LogP contribution in [0.3, 0.4) is 0 Å². The van der Waals surface area contributed by atoms with E-state index in [1.807, 2.05) is 6.08 Å². The maximum atomic E-state index is 12.7. The highest BCUT2D eigenvalue weighted by molar-refractivity contribution is 7.89. The van der Waals surface area contributed by atoms with Crippen LogP contribution in [0.1, 0.15) is 38.5 Å². The molecule has 3 rings (SSSR count). The number of fused-ring (bicyclic) bond motifs is 2. The first-order chi connectivity index (χ1) is 12.4. The molecule has 1 aromatic carbocycles. The first kappa shape index (κ1) is 18.9. The molecule has 4 atom stereocenters. The molecule has 26 heavy (non-hydrogen) atoms. The minimum Gasteiger partial charge on any atom is -0.508 e. The van der Waals surface area contributed by atoms with Gasteiger partial charge in [-0.15, -0.1) is 0 Å². The summed E-state index contributed by atoms with van der Waals surface area (Å²) >= 11 is 0. The summed E-state index contributed by atoms with van der Waals surface area (Å²) in [5.41, 5.74) is 0. The lowest BCUT2D eigenvalue weighted by molar-refractivity contribution is -0.137. The van der Waals surface area contributed by atoms with Crippen LogP contribution >= 0.6 is 0 Å². The van der Waals surface area contributed by atoms with E-state index in [2.05, 4.69) is 10.8 Å². The van der Waals surface area contributed by atoms with E-state index in [4.69, 9.17) is 5.11 Å². The van der Waals surface area contributed by atoms with Gasteiger partial charge in [0.05, 0.1) is 4.90 Å².